The number of carboxylic acids is 1. The highest BCUT2D eigenvalue weighted by atomic mass is 35.5. The third-order valence-electron chi connectivity index (χ3n) is 4.62. The van der Waals surface area contributed by atoms with Gasteiger partial charge in [-0.15, -0.1) is 0 Å². The number of pyridine rings is 1. The van der Waals surface area contributed by atoms with Gasteiger partial charge in [0.2, 0.25) is 0 Å². The van der Waals surface area contributed by atoms with Crippen LogP contribution in [-0.4, -0.2) is 34.0 Å². The van der Waals surface area contributed by atoms with Crippen LogP contribution in [0.1, 0.15) is 24.5 Å². The van der Waals surface area contributed by atoms with E-state index in [1.54, 1.807) is 12.4 Å². The number of carbonyl (C=O) groups is 1. The number of carboxylic acid groups (broad SMARTS) is 1. The molecule has 1 aromatic carbocycles. The Morgan fingerprint density at radius 3 is 2.96 bits per heavy atom. The normalized spacial score (nSPS) is 20.7. The molecule has 138 valence electrons. The van der Waals surface area contributed by atoms with Crippen LogP contribution < -0.4 is 4.74 Å². The van der Waals surface area contributed by atoms with E-state index in [-0.39, 0.29) is 5.92 Å². The second kappa shape index (κ2) is 8.52. The summed E-state index contributed by atoms with van der Waals surface area (Å²) in [6, 6.07) is 9.42. The highest BCUT2D eigenvalue weighted by Crippen LogP contribution is 2.28. The molecule has 2 unspecified atom stereocenters. The number of likely N-dealkylation sites (tertiary alicyclic amines) is 1. The van der Waals surface area contributed by atoms with Crippen molar-refractivity contribution in [2.45, 2.75) is 26.5 Å². The molecule has 0 aliphatic carbocycles. The maximum absolute atomic E-state index is 11.4. The Kier molecular flexibility index (Phi) is 6.12. The van der Waals surface area contributed by atoms with Gasteiger partial charge in [0.15, 0.2) is 0 Å². The average Bonchev–Trinajstić information content (AvgIpc) is 2.61. The Hall–Kier alpha value is -2.11. The van der Waals surface area contributed by atoms with E-state index in [1.807, 2.05) is 30.3 Å². The maximum atomic E-state index is 11.4. The van der Waals surface area contributed by atoms with E-state index >= 15 is 0 Å². The molecule has 0 bridgehead atoms. The average molecular weight is 375 g/mol. The minimum atomic E-state index is -0.722. The second-order valence-electron chi connectivity index (χ2n) is 6.97. The van der Waals surface area contributed by atoms with E-state index in [1.165, 1.54) is 0 Å². The third-order valence-corrected chi connectivity index (χ3v) is 4.85. The fourth-order valence-corrected chi connectivity index (χ4v) is 3.66. The molecule has 1 N–H and O–H groups in total. The van der Waals surface area contributed by atoms with Crippen LogP contribution in [0.2, 0.25) is 5.02 Å². The summed E-state index contributed by atoms with van der Waals surface area (Å²) < 4.78 is 5.98. The van der Waals surface area contributed by atoms with E-state index < -0.39 is 5.97 Å². The third kappa shape index (κ3) is 4.96. The SMILES string of the molecule is CC1CC(C(=O)O)CN(Cc2cc(Cl)ccc2OCc2cccnc2)C1. The van der Waals surface area contributed by atoms with E-state index in [9.17, 15) is 9.90 Å². The molecule has 26 heavy (non-hydrogen) atoms. The number of ether oxygens (including phenoxy) is 1. The molecule has 2 atom stereocenters. The fraction of sp³-hybridized carbons (Fsp3) is 0.400. The Balaban J connectivity index is 1.72. The number of hydrogen-bond donors (Lipinski definition) is 1. The van der Waals surface area contributed by atoms with Gasteiger partial charge >= 0.3 is 5.97 Å². The number of benzene rings is 1. The first-order chi connectivity index (χ1) is 12.5. The number of rotatable bonds is 6. The summed E-state index contributed by atoms with van der Waals surface area (Å²) in [5, 5.41) is 10.0. The maximum Gasteiger partial charge on any atom is 0.307 e. The van der Waals surface area contributed by atoms with Crippen LogP contribution >= 0.6 is 11.6 Å². The highest BCUT2D eigenvalue weighted by molar-refractivity contribution is 6.30. The zero-order valence-corrected chi connectivity index (χ0v) is 15.5. The second-order valence-corrected chi connectivity index (χ2v) is 7.41. The lowest BCUT2D eigenvalue weighted by Gasteiger charge is -2.35. The smallest absolute Gasteiger partial charge is 0.307 e. The molecule has 1 saturated heterocycles. The van der Waals surface area contributed by atoms with Gasteiger partial charge in [-0.05, 0) is 36.6 Å². The Bertz CT molecular complexity index is 754. The summed E-state index contributed by atoms with van der Waals surface area (Å²) in [6.07, 6.45) is 4.23. The van der Waals surface area contributed by atoms with Crippen molar-refractivity contribution in [2.24, 2.45) is 11.8 Å². The Labute approximate surface area is 158 Å². The molecule has 0 amide bonds. The molecule has 1 aliphatic heterocycles. The number of hydrogen-bond acceptors (Lipinski definition) is 4. The zero-order chi connectivity index (χ0) is 18.5. The lowest BCUT2D eigenvalue weighted by atomic mass is 9.90. The number of halogens is 1. The van der Waals surface area contributed by atoms with Crippen molar-refractivity contribution in [2.75, 3.05) is 13.1 Å². The van der Waals surface area contributed by atoms with Gasteiger partial charge < -0.3 is 9.84 Å². The number of nitrogens with zero attached hydrogens (tertiary/aromatic N) is 2. The minimum absolute atomic E-state index is 0.322. The van der Waals surface area contributed by atoms with Crippen LogP contribution in [0.4, 0.5) is 0 Å². The lowest BCUT2D eigenvalue weighted by molar-refractivity contribution is -0.144. The Morgan fingerprint density at radius 2 is 2.23 bits per heavy atom. The van der Waals surface area contributed by atoms with Crippen LogP contribution in [0.25, 0.3) is 0 Å². The molecule has 5 nitrogen and oxygen atoms in total. The van der Waals surface area contributed by atoms with Gasteiger partial charge in [-0.3, -0.25) is 14.7 Å². The minimum Gasteiger partial charge on any atom is -0.489 e. The summed E-state index contributed by atoms with van der Waals surface area (Å²) in [5.41, 5.74) is 1.96. The van der Waals surface area contributed by atoms with Crippen molar-refractivity contribution in [3.8, 4) is 5.75 Å². The van der Waals surface area contributed by atoms with Gasteiger partial charge in [-0.2, -0.15) is 0 Å². The van der Waals surface area contributed by atoms with Gasteiger partial charge in [0, 0.05) is 48.2 Å². The van der Waals surface area contributed by atoms with Crippen molar-refractivity contribution in [1.82, 2.24) is 9.88 Å². The summed E-state index contributed by atoms with van der Waals surface area (Å²) >= 11 is 6.18. The quantitative estimate of drug-likeness (QED) is 0.831. The zero-order valence-electron chi connectivity index (χ0n) is 14.8. The van der Waals surface area contributed by atoms with Crippen LogP contribution in [0, 0.1) is 11.8 Å². The van der Waals surface area contributed by atoms with Gasteiger partial charge in [0.05, 0.1) is 5.92 Å². The molecule has 0 radical (unpaired) electrons. The first-order valence-corrected chi connectivity index (χ1v) is 9.14. The van der Waals surface area contributed by atoms with Crippen molar-refractivity contribution in [1.29, 1.82) is 0 Å². The molecule has 2 aromatic rings. The largest absolute Gasteiger partial charge is 0.489 e. The van der Waals surface area contributed by atoms with E-state index in [4.69, 9.17) is 16.3 Å². The predicted octanol–water partition coefficient (Wildman–Crippen LogP) is 3.86. The molecule has 3 rings (SSSR count). The van der Waals surface area contributed by atoms with Crippen molar-refractivity contribution >= 4 is 17.6 Å². The summed E-state index contributed by atoms with van der Waals surface area (Å²) in [5.74, 6) is 0.0746. The van der Waals surface area contributed by atoms with Crippen molar-refractivity contribution in [3.63, 3.8) is 0 Å². The van der Waals surface area contributed by atoms with Crippen LogP contribution in [0.5, 0.6) is 5.75 Å². The summed E-state index contributed by atoms with van der Waals surface area (Å²) in [6.45, 7) is 4.57. The van der Waals surface area contributed by atoms with Gasteiger partial charge in [-0.25, -0.2) is 0 Å². The first kappa shape index (κ1) is 18.7. The predicted molar refractivity (Wildman–Crippen MR) is 100 cm³/mol. The van der Waals surface area contributed by atoms with Crippen molar-refractivity contribution < 1.29 is 14.6 Å². The summed E-state index contributed by atoms with van der Waals surface area (Å²) in [4.78, 5) is 17.7. The standard InChI is InChI=1S/C20H23ClN2O3/c1-14-7-17(20(24)25)12-23(10-14)11-16-8-18(21)4-5-19(16)26-13-15-3-2-6-22-9-15/h2-6,8-9,14,17H,7,10-13H2,1H3,(H,24,25). The number of aliphatic carboxylic acids is 1. The molecule has 0 saturated carbocycles. The number of piperidine rings is 1. The Morgan fingerprint density at radius 1 is 1.38 bits per heavy atom. The molecule has 6 heteroatoms. The summed E-state index contributed by atoms with van der Waals surface area (Å²) in [7, 11) is 0. The molecular formula is C20H23ClN2O3. The fourth-order valence-electron chi connectivity index (χ4n) is 3.47. The molecule has 0 spiro atoms. The molecule has 1 fully saturated rings. The first-order valence-electron chi connectivity index (χ1n) is 8.76. The van der Waals surface area contributed by atoms with E-state index in [2.05, 4.69) is 16.8 Å². The van der Waals surface area contributed by atoms with Crippen LogP contribution in [0.15, 0.2) is 42.7 Å². The van der Waals surface area contributed by atoms with E-state index in [0.717, 1.165) is 29.8 Å². The lowest BCUT2D eigenvalue weighted by Crippen LogP contribution is -2.42. The van der Waals surface area contributed by atoms with Crippen molar-refractivity contribution in [3.05, 3.63) is 58.9 Å². The highest BCUT2D eigenvalue weighted by Gasteiger charge is 2.29. The van der Waals surface area contributed by atoms with Gasteiger partial charge in [-0.1, -0.05) is 24.6 Å². The molecule has 2 heterocycles. The van der Waals surface area contributed by atoms with Gasteiger partial charge in [0.1, 0.15) is 12.4 Å². The number of aromatic nitrogens is 1. The molecule has 1 aromatic heterocycles. The molecule has 1 aliphatic rings. The molecular weight excluding hydrogens is 352 g/mol. The topological polar surface area (TPSA) is 62.7 Å². The van der Waals surface area contributed by atoms with Gasteiger partial charge in [0.25, 0.3) is 0 Å². The monoisotopic (exact) mass is 374 g/mol. The van der Waals surface area contributed by atoms with Crippen LogP contribution in [0.3, 0.4) is 0 Å². The van der Waals surface area contributed by atoms with E-state index in [0.29, 0.717) is 30.6 Å². The van der Waals surface area contributed by atoms with Crippen LogP contribution in [-0.2, 0) is 17.9 Å².